The number of amides is 1. The molecule has 0 bridgehead atoms. The van der Waals surface area contributed by atoms with Gasteiger partial charge >= 0.3 is 0 Å². The molecule has 1 amide bonds. The van der Waals surface area contributed by atoms with Gasteiger partial charge in [-0.25, -0.2) is 4.98 Å². The van der Waals surface area contributed by atoms with Crippen molar-refractivity contribution in [2.75, 3.05) is 11.1 Å². The van der Waals surface area contributed by atoms with Gasteiger partial charge in [-0.15, -0.1) is 11.3 Å². The minimum atomic E-state index is -0.180. The summed E-state index contributed by atoms with van der Waals surface area (Å²) in [5, 5.41) is 4.75. The van der Waals surface area contributed by atoms with E-state index in [1.165, 1.54) is 16.6 Å². The molecule has 2 aromatic carbocycles. The Hall–Kier alpha value is -2.61. The van der Waals surface area contributed by atoms with Crippen LogP contribution in [0.3, 0.4) is 0 Å². The van der Waals surface area contributed by atoms with Gasteiger partial charge in [0.25, 0.3) is 5.56 Å². The van der Waals surface area contributed by atoms with Crippen LogP contribution < -0.4 is 10.9 Å². The van der Waals surface area contributed by atoms with E-state index in [9.17, 15) is 9.59 Å². The fourth-order valence-electron chi connectivity index (χ4n) is 4.28. The number of aryl methyl sites for hydroxylation is 4. The standard InChI is InChI=1S/C26H24ClN3O2S2/c1-15-6-5-7-18(12-15)30-25(32)23-19-8-3-4-9-21(19)34-24(23)29-26(30)33-14-22(31)28-17-11-10-16(2)20(27)13-17/h5-7,10-13H,3-4,8-9,14H2,1-2H3,(H,28,31). The first-order valence-electron chi connectivity index (χ1n) is 11.2. The van der Waals surface area contributed by atoms with Gasteiger partial charge < -0.3 is 5.32 Å². The first kappa shape index (κ1) is 23.1. The van der Waals surface area contributed by atoms with Gasteiger partial charge in [-0.1, -0.05) is 41.6 Å². The molecule has 1 aliphatic carbocycles. The van der Waals surface area contributed by atoms with Crippen LogP contribution in [-0.4, -0.2) is 21.2 Å². The summed E-state index contributed by atoms with van der Waals surface area (Å²) in [6.07, 6.45) is 4.18. The van der Waals surface area contributed by atoms with E-state index in [1.54, 1.807) is 22.0 Å². The van der Waals surface area contributed by atoms with E-state index < -0.39 is 0 Å². The van der Waals surface area contributed by atoms with E-state index in [1.807, 2.05) is 50.2 Å². The number of thiophene rings is 1. The molecule has 0 unspecified atom stereocenters. The van der Waals surface area contributed by atoms with Gasteiger partial charge in [0.1, 0.15) is 4.83 Å². The number of thioether (sulfide) groups is 1. The second-order valence-electron chi connectivity index (χ2n) is 8.57. The third kappa shape index (κ3) is 4.52. The van der Waals surface area contributed by atoms with Crippen LogP contribution >= 0.6 is 34.7 Å². The second kappa shape index (κ2) is 9.56. The summed E-state index contributed by atoms with van der Waals surface area (Å²) in [7, 11) is 0. The van der Waals surface area contributed by atoms with Crippen LogP contribution in [0.25, 0.3) is 15.9 Å². The quantitative estimate of drug-likeness (QED) is 0.252. The highest BCUT2D eigenvalue weighted by Gasteiger charge is 2.23. The number of rotatable bonds is 5. The van der Waals surface area contributed by atoms with E-state index in [-0.39, 0.29) is 17.2 Å². The lowest BCUT2D eigenvalue weighted by Gasteiger charge is -2.14. The number of aromatic nitrogens is 2. The fraction of sp³-hybridized carbons (Fsp3) is 0.269. The predicted octanol–water partition coefficient (Wildman–Crippen LogP) is 6.33. The fourth-order valence-corrected chi connectivity index (χ4v) is 6.57. The van der Waals surface area contributed by atoms with Crippen molar-refractivity contribution < 1.29 is 4.79 Å². The van der Waals surface area contributed by atoms with Crippen molar-refractivity contribution in [2.24, 2.45) is 0 Å². The molecule has 0 fully saturated rings. The Balaban J connectivity index is 1.51. The van der Waals surface area contributed by atoms with E-state index in [2.05, 4.69) is 5.32 Å². The molecule has 5 rings (SSSR count). The van der Waals surface area contributed by atoms with Crippen LogP contribution in [0.5, 0.6) is 0 Å². The van der Waals surface area contributed by atoms with Crippen molar-refractivity contribution >= 4 is 56.5 Å². The molecule has 174 valence electrons. The Morgan fingerprint density at radius 1 is 1.18 bits per heavy atom. The maximum Gasteiger partial charge on any atom is 0.267 e. The Morgan fingerprint density at radius 3 is 2.79 bits per heavy atom. The normalized spacial score (nSPS) is 13.1. The van der Waals surface area contributed by atoms with Crippen molar-refractivity contribution in [2.45, 2.75) is 44.7 Å². The summed E-state index contributed by atoms with van der Waals surface area (Å²) in [6.45, 7) is 3.92. The SMILES string of the molecule is Cc1cccc(-n2c(SCC(=O)Nc3ccc(C)c(Cl)c3)nc3sc4c(c3c2=O)CCCC4)c1. The average molecular weight is 510 g/mol. The number of nitrogens with one attached hydrogen (secondary N) is 1. The Bertz CT molecular complexity index is 1480. The number of carbonyl (C=O) groups excluding carboxylic acids is 1. The molecule has 34 heavy (non-hydrogen) atoms. The Kier molecular flexibility index (Phi) is 6.51. The zero-order valence-electron chi connectivity index (χ0n) is 19.0. The molecule has 0 saturated heterocycles. The highest BCUT2D eigenvalue weighted by Crippen LogP contribution is 2.35. The van der Waals surface area contributed by atoms with E-state index in [4.69, 9.17) is 16.6 Å². The van der Waals surface area contributed by atoms with Gasteiger partial charge in [0, 0.05) is 15.6 Å². The third-order valence-corrected chi connectivity index (χ3v) is 8.54. The number of carbonyl (C=O) groups is 1. The molecule has 0 spiro atoms. The molecular weight excluding hydrogens is 486 g/mol. The number of fused-ring (bicyclic) bond motifs is 3. The predicted molar refractivity (Wildman–Crippen MR) is 142 cm³/mol. The summed E-state index contributed by atoms with van der Waals surface area (Å²) in [5.41, 5.74) is 4.53. The van der Waals surface area contributed by atoms with Crippen LogP contribution in [-0.2, 0) is 17.6 Å². The summed E-state index contributed by atoms with van der Waals surface area (Å²) >= 11 is 9.08. The number of hydrogen-bond donors (Lipinski definition) is 1. The molecule has 2 aromatic heterocycles. The molecule has 0 radical (unpaired) electrons. The number of nitrogens with zero attached hydrogens (tertiary/aromatic N) is 2. The van der Waals surface area contributed by atoms with Crippen molar-refractivity contribution in [1.82, 2.24) is 9.55 Å². The van der Waals surface area contributed by atoms with Gasteiger partial charge in [0.05, 0.1) is 16.8 Å². The van der Waals surface area contributed by atoms with Crippen molar-refractivity contribution in [3.8, 4) is 5.69 Å². The maximum absolute atomic E-state index is 13.8. The van der Waals surface area contributed by atoms with Gasteiger partial charge in [0.2, 0.25) is 5.91 Å². The minimum Gasteiger partial charge on any atom is -0.325 e. The lowest BCUT2D eigenvalue weighted by molar-refractivity contribution is -0.113. The zero-order chi connectivity index (χ0) is 23.8. The summed E-state index contributed by atoms with van der Waals surface area (Å²) in [4.78, 5) is 33.4. The van der Waals surface area contributed by atoms with E-state index >= 15 is 0 Å². The molecule has 0 atom stereocenters. The molecular formula is C26H24ClN3O2S2. The number of anilines is 1. The highest BCUT2D eigenvalue weighted by atomic mass is 35.5. The molecule has 0 aliphatic heterocycles. The molecule has 4 aromatic rings. The molecule has 5 nitrogen and oxygen atoms in total. The minimum absolute atomic E-state index is 0.0526. The van der Waals surface area contributed by atoms with Gasteiger partial charge in [-0.2, -0.15) is 0 Å². The topological polar surface area (TPSA) is 64.0 Å². The monoisotopic (exact) mass is 509 g/mol. The number of halogens is 1. The number of hydrogen-bond acceptors (Lipinski definition) is 5. The average Bonchev–Trinajstić information content (AvgIpc) is 3.19. The first-order chi connectivity index (χ1) is 16.4. The van der Waals surface area contributed by atoms with Crippen LogP contribution in [0.1, 0.15) is 34.4 Å². The van der Waals surface area contributed by atoms with Crippen molar-refractivity contribution in [1.29, 1.82) is 0 Å². The largest absolute Gasteiger partial charge is 0.325 e. The van der Waals surface area contributed by atoms with Gasteiger partial charge in [-0.05, 0) is 80.5 Å². The third-order valence-electron chi connectivity index (χ3n) is 6.01. The van der Waals surface area contributed by atoms with Gasteiger partial charge in [-0.3, -0.25) is 14.2 Å². The van der Waals surface area contributed by atoms with Crippen LogP contribution in [0.15, 0.2) is 52.4 Å². The van der Waals surface area contributed by atoms with Crippen LogP contribution in [0.4, 0.5) is 5.69 Å². The number of benzene rings is 2. The van der Waals surface area contributed by atoms with Crippen molar-refractivity contribution in [3.63, 3.8) is 0 Å². The van der Waals surface area contributed by atoms with E-state index in [0.717, 1.165) is 58.3 Å². The lowest BCUT2D eigenvalue weighted by atomic mass is 9.97. The molecule has 2 heterocycles. The zero-order valence-corrected chi connectivity index (χ0v) is 21.4. The summed E-state index contributed by atoms with van der Waals surface area (Å²) < 4.78 is 1.66. The lowest BCUT2D eigenvalue weighted by Crippen LogP contribution is -2.23. The second-order valence-corrected chi connectivity index (χ2v) is 11.0. The molecule has 1 N–H and O–H groups in total. The Morgan fingerprint density at radius 2 is 2.00 bits per heavy atom. The Labute approximate surface area is 211 Å². The molecule has 1 aliphatic rings. The summed E-state index contributed by atoms with van der Waals surface area (Å²) in [6, 6.07) is 13.3. The van der Waals surface area contributed by atoms with E-state index in [0.29, 0.717) is 15.9 Å². The highest BCUT2D eigenvalue weighted by molar-refractivity contribution is 7.99. The molecule has 0 saturated carbocycles. The smallest absolute Gasteiger partial charge is 0.267 e. The summed E-state index contributed by atoms with van der Waals surface area (Å²) in [5.74, 6) is -0.0547. The van der Waals surface area contributed by atoms with Crippen molar-refractivity contribution in [3.05, 3.63) is 79.4 Å². The van der Waals surface area contributed by atoms with Gasteiger partial charge in [0.15, 0.2) is 5.16 Å². The maximum atomic E-state index is 13.8. The van der Waals surface area contributed by atoms with Crippen LogP contribution in [0, 0.1) is 13.8 Å². The molecule has 8 heteroatoms. The van der Waals surface area contributed by atoms with Crippen LogP contribution in [0.2, 0.25) is 5.02 Å². The first-order valence-corrected chi connectivity index (χ1v) is 13.4.